The Hall–Kier alpha value is -1.86. The quantitative estimate of drug-likeness (QED) is 0.398. The molecule has 3 rings (SSSR count). The van der Waals surface area contributed by atoms with Crippen molar-refractivity contribution >= 4 is 12.4 Å². The molecule has 0 atom stereocenters. The van der Waals surface area contributed by atoms with Gasteiger partial charge in [-0.3, -0.25) is 0 Å². The summed E-state index contributed by atoms with van der Waals surface area (Å²) in [4.78, 5) is 2.01. The summed E-state index contributed by atoms with van der Waals surface area (Å²) < 4.78 is 74.2. The van der Waals surface area contributed by atoms with Crippen molar-refractivity contribution in [3.8, 4) is 5.75 Å². The molecule has 2 nitrogen and oxygen atoms in total. The van der Waals surface area contributed by atoms with E-state index in [0.29, 0.717) is 31.5 Å². The molecular weight excluding hydrogens is 389 g/mol. The predicted molar refractivity (Wildman–Crippen MR) is 93.7 cm³/mol. The first-order valence-electron chi connectivity index (χ1n) is 8.21. The molecule has 2 aromatic carbocycles. The van der Waals surface area contributed by atoms with Crippen molar-refractivity contribution in [2.75, 3.05) is 20.1 Å². The molecule has 0 spiro atoms. The van der Waals surface area contributed by atoms with Crippen LogP contribution in [0, 0.1) is 36.0 Å². The third-order valence-electron chi connectivity index (χ3n) is 4.84. The maximum absolute atomic E-state index is 14.1. The van der Waals surface area contributed by atoms with E-state index in [-0.39, 0.29) is 12.4 Å². The maximum Gasteiger partial charge on any atom is 0.207 e. The highest BCUT2D eigenvalue weighted by Gasteiger charge is 2.40. The van der Waals surface area contributed by atoms with Gasteiger partial charge in [-0.05, 0) is 19.5 Å². The van der Waals surface area contributed by atoms with E-state index in [2.05, 4.69) is 0 Å². The van der Waals surface area contributed by atoms with Gasteiger partial charge in [0.25, 0.3) is 0 Å². The van der Waals surface area contributed by atoms with E-state index in [1.807, 2.05) is 31.0 Å². The van der Waals surface area contributed by atoms with Crippen LogP contribution in [-0.4, -0.2) is 25.0 Å². The molecule has 0 amide bonds. The van der Waals surface area contributed by atoms with Crippen LogP contribution < -0.4 is 4.74 Å². The summed E-state index contributed by atoms with van der Waals surface area (Å²) in [6, 6.07) is 7.15. The van der Waals surface area contributed by atoms with Crippen molar-refractivity contribution in [3.63, 3.8) is 0 Å². The second kappa shape index (κ2) is 8.02. The largest absolute Gasteiger partial charge is 0.476 e. The molecule has 0 N–H and O–H groups in total. The summed E-state index contributed by atoms with van der Waals surface area (Å²) in [6.07, 6.45) is 0.706. The molecule has 8 heteroatoms. The van der Waals surface area contributed by atoms with E-state index in [0.717, 1.165) is 5.56 Å². The van der Waals surface area contributed by atoms with Gasteiger partial charge in [-0.15, -0.1) is 12.4 Å². The predicted octanol–water partition coefficient (Wildman–Crippen LogP) is 5.11. The molecule has 27 heavy (non-hydrogen) atoms. The summed E-state index contributed by atoms with van der Waals surface area (Å²) >= 11 is 0. The minimum Gasteiger partial charge on any atom is -0.476 e. The highest BCUT2D eigenvalue weighted by atomic mass is 35.5. The van der Waals surface area contributed by atoms with Gasteiger partial charge in [-0.2, -0.15) is 8.78 Å². The average Bonchev–Trinajstić information content (AvgIpc) is 2.64. The summed E-state index contributed by atoms with van der Waals surface area (Å²) in [7, 11) is 1.89. The molecule has 0 bridgehead atoms. The minimum atomic E-state index is -2.19. The normalized spacial score (nSPS) is 16.7. The number of piperidine rings is 1. The van der Waals surface area contributed by atoms with Gasteiger partial charge in [0.1, 0.15) is 5.60 Å². The minimum absolute atomic E-state index is 0. The molecule has 0 unspecified atom stereocenters. The van der Waals surface area contributed by atoms with Crippen LogP contribution in [0.25, 0.3) is 0 Å². The van der Waals surface area contributed by atoms with Crippen molar-refractivity contribution < 1.29 is 26.7 Å². The topological polar surface area (TPSA) is 12.5 Å². The Balaban J connectivity index is 0.00000261. The molecule has 0 aliphatic carbocycles. The first kappa shape index (κ1) is 21.4. The van der Waals surface area contributed by atoms with E-state index < -0.39 is 40.4 Å². The highest BCUT2D eigenvalue weighted by Crippen LogP contribution is 2.40. The third kappa shape index (κ3) is 3.89. The lowest BCUT2D eigenvalue weighted by Gasteiger charge is -2.41. The smallest absolute Gasteiger partial charge is 0.207 e. The van der Waals surface area contributed by atoms with Crippen LogP contribution in [0.4, 0.5) is 22.0 Å². The Morgan fingerprint density at radius 2 is 1.26 bits per heavy atom. The lowest BCUT2D eigenvalue weighted by molar-refractivity contribution is -0.00382. The Bertz CT molecular complexity index is 791. The number of benzene rings is 2. The average molecular weight is 408 g/mol. The van der Waals surface area contributed by atoms with Crippen molar-refractivity contribution in [2.45, 2.75) is 25.4 Å². The lowest BCUT2D eigenvalue weighted by atomic mass is 9.83. The van der Waals surface area contributed by atoms with Crippen LogP contribution in [0.15, 0.2) is 24.3 Å². The zero-order valence-electron chi connectivity index (χ0n) is 14.8. The molecule has 0 aromatic heterocycles. The molecule has 1 fully saturated rings. The van der Waals surface area contributed by atoms with Gasteiger partial charge in [0, 0.05) is 25.9 Å². The number of rotatable bonds is 3. The van der Waals surface area contributed by atoms with Gasteiger partial charge in [0.05, 0.1) is 0 Å². The molecule has 148 valence electrons. The van der Waals surface area contributed by atoms with E-state index in [4.69, 9.17) is 4.74 Å². The summed E-state index contributed by atoms with van der Waals surface area (Å²) in [6.45, 7) is 3.00. The molecule has 1 aliphatic rings. The highest BCUT2D eigenvalue weighted by molar-refractivity contribution is 5.85. The number of ether oxygens (including phenoxy) is 1. The van der Waals surface area contributed by atoms with Crippen molar-refractivity contribution in [1.82, 2.24) is 4.90 Å². The van der Waals surface area contributed by atoms with Gasteiger partial charge in [-0.25, -0.2) is 13.2 Å². The molecule has 1 heterocycles. The third-order valence-corrected chi connectivity index (χ3v) is 4.84. The van der Waals surface area contributed by atoms with Gasteiger partial charge in [0.15, 0.2) is 5.75 Å². The molecule has 0 saturated carbocycles. The van der Waals surface area contributed by atoms with Gasteiger partial charge in [-0.1, -0.05) is 29.8 Å². The van der Waals surface area contributed by atoms with Crippen LogP contribution in [0.1, 0.15) is 24.0 Å². The van der Waals surface area contributed by atoms with Crippen LogP contribution >= 0.6 is 12.4 Å². The van der Waals surface area contributed by atoms with Gasteiger partial charge >= 0.3 is 0 Å². The van der Waals surface area contributed by atoms with Crippen LogP contribution in [0.2, 0.25) is 0 Å². The number of nitrogens with zero attached hydrogens (tertiary/aromatic N) is 1. The summed E-state index contributed by atoms with van der Waals surface area (Å²) in [5, 5.41) is 0. The fourth-order valence-electron chi connectivity index (χ4n) is 3.16. The Morgan fingerprint density at radius 1 is 0.815 bits per heavy atom. The summed E-state index contributed by atoms with van der Waals surface area (Å²) in [5.74, 6) is -11.3. The van der Waals surface area contributed by atoms with Crippen molar-refractivity contribution in [2.24, 2.45) is 0 Å². The Kier molecular flexibility index (Phi) is 6.37. The van der Waals surface area contributed by atoms with E-state index >= 15 is 0 Å². The molecule has 1 saturated heterocycles. The van der Waals surface area contributed by atoms with E-state index in [1.165, 1.54) is 0 Å². The lowest BCUT2D eigenvalue weighted by Crippen LogP contribution is -2.45. The van der Waals surface area contributed by atoms with Crippen molar-refractivity contribution in [1.29, 1.82) is 0 Å². The maximum atomic E-state index is 14.1. The first-order valence-corrected chi connectivity index (χ1v) is 8.21. The monoisotopic (exact) mass is 407 g/mol. The number of halogens is 6. The molecular formula is C19H19ClF5NO. The zero-order chi connectivity index (χ0) is 19.1. The first-order chi connectivity index (χ1) is 12.2. The van der Waals surface area contributed by atoms with Crippen LogP contribution in [-0.2, 0) is 5.60 Å². The number of hydrogen-bond acceptors (Lipinski definition) is 2. The number of hydrogen-bond donors (Lipinski definition) is 0. The van der Waals surface area contributed by atoms with Crippen LogP contribution in [0.3, 0.4) is 0 Å². The second-order valence-electron chi connectivity index (χ2n) is 6.66. The Morgan fingerprint density at radius 3 is 1.74 bits per heavy atom. The Labute approximate surface area is 160 Å². The molecule has 1 aliphatic heterocycles. The number of aryl methyl sites for hydroxylation is 1. The molecule has 0 radical (unpaired) electrons. The molecule has 2 aromatic rings. The van der Waals surface area contributed by atoms with E-state index in [1.54, 1.807) is 12.1 Å². The summed E-state index contributed by atoms with van der Waals surface area (Å²) in [5.41, 5.74) is 0.451. The van der Waals surface area contributed by atoms with Gasteiger partial charge in [0.2, 0.25) is 29.1 Å². The van der Waals surface area contributed by atoms with Crippen LogP contribution in [0.5, 0.6) is 5.75 Å². The number of likely N-dealkylation sites (tertiary alicyclic amines) is 1. The zero-order valence-corrected chi connectivity index (χ0v) is 15.6. The van der Waals surface area contributed by atoms with Crippen molar-refractivity contribution in [3.05, 3.63) is 64.5 Å². The van der Waals surface area contributed by atoms with Gasteiger partial charge < -0.3 is 9.64 Å². The second-order valence-corrected chi connectivity index (χ2v) is 6.66. The fourth-order valence-corrected chi connectivity index (χ4v) is 3.16. The SMILES string of the molecule is Cc1ccc(C2(Oc3c(F)c(F)c(F)c(F)c3F)CCN(C)CC2)cc1.Cl. The van der Waals surface area contributed by atoms with E-state index in [9.17, 15) is 22.0 Å². The fraction of sp³-hybridized carbons (Fsp3) is 0.368. The standard InChI is InChI=1S/C19H18F5NO.ClH/c1-11-3-5-12(6-4-11)19(7-9-25(2)10-8-19)26-18-16(23)14(21)13(20)15(22)17(18)24;/h3-6H,7-10H2,1-2H3;1H.